The summed E-state index contributed by atoms with van der Waals surface area (Å²) >= 11 is 8.00. The van der Waals surface area contributed by atoms with Gasteiger partial charge < -0.3 is 5.73 Å². The Bertz CT molecular complexity index is 500. The molecule has 0 radical (unpaired) electrons. The van der Waals surface area contributed by atoms with Crippen LogP contribution in [0.15, 0.2) is 33.6 Å². The highest BCUT2D eigenvalue weighted by atomic mass is 79.9. The van der Waals surface area contributed by atoms with Gasteiger partial charge in [0.15, 0.2) is 0 Å². The van der Waals surface area contributed by atoms with E-state index in [2.05, 4.69) is 20.7 Å². The number of nitrogens with one attached hydrogen (secondary N) is 1. The fourth-order valence-corrected chi connectivity index (χ4v) is 2.81. The van der Waals surface area contributed by atoms with E-state index in [1.54, 1.807) is 24.3 Å². The zero-order valence-electron chi connectivity index (χ0n) is 9.73. The summed E-state index contributed by atoms with van der Waals surface area (Å²) in [4.78, 5) is 0.728. The highest BCUT2D eigenvalue weighted by Crippen LogP contribution is 2.14. The number of nitrogens with two attached hydrogens (primary N) is 1. The van der Waals surface area contributed by atoms with Crippen LogP contribution in [0.1, 0.15) is 19.3 Å². The highest BCUT2D eigenvalue weighted by Gasteiger charge is 2.12. The van der Waals surface area contributed by atoms with Gasteiger partial charge in [0, 0.05) is 11.0 Å². The summed E-state index contributed by atoms with van der Waals surface area (Å²) in [6.45, 7) is 0.390. The summed E-state index contributed by atoms with van der Waals surface area (Å²) in [5.41, 5.74) is 5.35. The molecule has 0 amide bonds. The number of hydrogen-bond donors (Lipinski definition) is 2. The average Bonchev–Trinajstić information content (AvgIpc) is 2.28. The average molecular weight is 351 g/mol. The van der Waals surface area contributed by atoms with E-state index >= 15 is 0 Å². The van der Waals surface area contributed by atoms with Crippen LogP contribution < -0.4 is 10.5 Å². The minimum Gasteiger partial charge on any atom is -0.393 e. The van der Waals surface area contributed by atoms with Gasteiger partial charge in [-0.1, -0.05) is 28.1 Å². The van der Waals surface area contributed by atoms with Crippen molar-refractivity contribution in [1.82, 2.24) is 4.72 Å². The first-order chi connectivity index (χ1) is 8.42. The van der Waals surface area contributed by atoms with Gasteiger partial charge in [0.2, 0.25) is 10.0 Å². The number of hydrogen-bond acceptors (Lipinski definition) is 3. The molecule has 0 heterocycles. The van der Waals surface area contributed by atoms with E-state index in [1.165, 1.54) is 0 Å². The monoisotopic (exact) mass is 350 g/mol. The summed E-state index contributed by atoms with van der Waals surface area (Å²) in [7, 11) is -3.41. The molecule has 0 unspecified atom stereocenters. The Hall–Kier alpha value is -0.500. The molecule has 0 fully saturated rings. The first-order valence-corrected chi connectivity index (χ1v) is 8.14. The lowest BCUT2D eigenvalue weighted by molar-refractivity contribution is 0.577. The molecule has 0 bridgehead atoms. The maximum atomic E-state index is 11.9. The van der Waals surface area contributed by atoms with Gasteiger partial charge in [0.1, 0.15) is 0 Å². The smallest absolute Gasteiger partial charge is 0.240 e. The molecule has 0 aliphatic heterocycles. The molecule has 18 heavy (non-hydrogen) atoms. The van der Waals surface area contributed by atoms with E-state index in [4.69, 9.17) is 18.0 Å². The minimum absolute atomic E-state index is 0.264. The molecule has 1 rings (SSSR count). The second-order valence-corrected chi connectivity index (χ2v) is 6.98. The molecule has 0 aliphatic carbocycles. The van der Waals surface area contributed by atoms with Crippen LogP contribution in [0.3, 0.4) is 0 Å². The molecule has 100 valence electrons. The SMILES string of the molecule is NC(=S)CCCCNS(=O)(=O)c1ccc(Br)cc1. The zero-order valence-corrected chi connectivity index (χ0v) is 12.9. The van der Waals surface area contributed by atoms with Crippen molar-refractivity contribution in [2.45, 2.75) is 24.2 Å². The lowest BCUT2D eigenvalue weighted by atomic mass is 10.2. The number of sulfonamides is 1. The normalized spacial score (nSPS) is 11.4. The van der Waals surface area contributed by atoms with Gasteiger partial charge in [-0.05, 0) is 43.5 Å². The van der Waals surface area contributed by atoms with Crippen LogP contribution in [0.5, 0.6) is 0 Å². The molecule has 4 nitrogen and oxygen atoms in total. The van der Waals surface area contributed by atoms with Crippen molar-refractivity contribution in [3.05, 3.63) is 28.7 Å². The van der Waals surface area contributed by atoms with Crippen LogP contribution >= 0.6 is 28.1 Å². The predicted octanol–water partition coefficient (Wildman–Crippen LogP) is 2.18. The van der Waals surface area contributed by atoms with Crippen molar-refractivity contribution in [2.24, 2.45) is 5.73 Å². The van der Waals surface area contributed by atoms with Gasteiger partial charge in [0.05, 0.1) is 9.88 Å². The summed E-state index contributed by atoms with van der Waals surface area (Å²) in [6, 6.07) is 6.51. The fraction of sp³-hybridized carbons (Fsp3) is 0.364. The number of benzene rings is 1. The maximum absolute atomic E-state index is 11.9. The Labute approximate surface area is 121 Å². The van der Waals surface area contributed by atoms with Crippen molar-refractivity contribution >= 4 is 43.2 Å². The van der Waals surface area contributed by atoms with E-state index in [1.807, 2.05) is 0 Å². The number of unbranched alkanes of at least 4 members (excludes halogenated alkanes) is 1. The Morgan fingerprint density at radius 1 is 1.28 bits per heavy atom. The van der Waals surface area contributed by atoms with Gasteiger partial charge in [0.25, 0.3) is 0 Å². The summed E-state index contributed by atoms with van der Waals surface area (Å²) in [5.74, 6) is 0. The second-order valence-electron chi connectivity index (χ2n) is 3.78. The lowest BCUT2D eigenvalue weighted by Crippen LogP contribution is -2.25. The predicted molar refractivity (Wildman–Crippen MR) is 80.0 cm³/mol. The molecule has 0 saturated heterocycles. The molecular weight excluding hydrogens is 336 g/mol. The van der Waals surface area contributed by atoms with E-state index < -0.39 is 10.0 Å². The molecular formula is C11H15BrN2O2S2. The fourth-order valence-electron chi connectivity index (χ4n) is 1.33. The van der Waals surface area contributed by atoms with E-state index in [9.17, 15) is 8.42 Å². The van der Waals surface area contributed by atoms with Gasteiger partial charge in [-0.25, -0.2) is 13.1 Å². The molecule has 1 aromatic rings. The number of rotatable bonds is 7. The molecule has 0 saturated carbocycles. The Morgan fingerprint density at radius 2 is 1.89 bits per heavy atom. The third-order valence-electron chi connectivity index (χ3n) is 2.27. The largest absolute Gasteiger partial charge is 0.393 e. The van der Waals surface area contributed by atoms with Crippen molar-refractivity contribution in [2.75, 3.05) is 6.54 Å². The third kappa shape index (κ3) is 5.43. The Balaban J connectivity index is 2.45. The van der Waals surface area contributed by atoms with Crippen molar-refractivity contribution in [3.63, 3.8) is 0 Å². The number of halogens is 1. The molecule has 1 aromatic carbocycles. The minimum atomic E-state index is -3.41. The van der Waals surface area contributed by atoms with Crippen LogP contribution in [0.4, 0.5) is 0 Å². The summed E-state index contributed by atoms with van der Waals surface area (Å²) in [5, 5.41) is 0. The molecule has 0 spiro atoms. The maximum Gasteiger partial charge on any atom is 0.240 e. The highest BCUT2D eigenvalue weighted by molar-refractivity contribution is 9.10. The van der Waals surface area contributed by atoms with Crippen LogP contribution in [0.2, 0.25) is 0 Å². The van der Waals surface area contributed by atoms with E-state index in [0.29, 0.717) is 24.4 Å². The quantitative estimate of drug-likeness (QED) is 0.583. The molecule has 7 heteroatoms. The molecule has 0 aliphatic rings. The van der Waals surface area contributed by atoms with Crippen LogP contribution in [0.25, 0.3) is 0 Å². The first-order valence-electron chi connectivity index (χ1n) is 5.45. The number of thiocarbonyl (C=S) groups is 1. The Morgan fingerprint density at radius 3 is 2.44 bits per heavy atom. The first kappa shape index (κ1) is 15.6. The van der Waals surface area contributed by atoms with Gasteiger partial charge >= 0.3 is 0 Å². The lowest BCUT2D eigenvalue weighted by Gasteiger charge is -2.06. The van der Waals surface area contributed by atoms with Crippen LogP contribution in [-0.2, 0) is 10.0 Å². The molecule has 0 aromatic heterocycles. The van der Waals surface area contributed by atoms with E-state index in [0.717, 1.165) is 10.9 Å². The summed E-state index contributed by atoms with van der Waals surface area (Å²) < 4.78 is 27.1. The standard InChI is InChI=1S/C11H15BrN2O2S2/c12-9-4-6-10(7-5-9)18(15,16)14-8-2-1-3-11(13)17/h4-7,14H,1-3,8H2,(H2,13,17). The zero-order chi connectivity index (χ0) is 13.6. The van der Waals surface area contributed by atoms with Crippen molar-refractivity contribution in [1.29, 1.82) is 0 Å². The topological polar surface area (TPSA) is 72.2 Å². The van der Waals surface area contributed by atoms with Gasteiger partial charge in [-0.15, -0.1) is 0 Å². The summed E-state index contributed by atoms with van der Waals surface area (Å²) in [6.07, 6.45) is 2.15. The third-order valence-corrected chi connectivity index (χ3v) is 4.48. The van der Waals surface area contributed by atoms with Crippen LogP contribution in [-0.4, -0.2) is 20.0 Å². The second kappa shape index (κ2) is 7.18. The van der Waals surface area contributed by atoms with E-state index in [-0.39, 0.29) is 4.90 Å². The van der Waals surface area contributed by atoms with Crippen molar-refractivity contribution in [3.8, 4) is 0 Å². The van der Waals surface area contributed by atoms with Crippen molar-refractivity contribution < 1.29 is 8.42 Å². The molecule has 0 atom stereocenters. The van der Waals surface area contributed by atoms with Gasteiger partial charge in [-0.2, -0.15) is 0 Å². The molecule has 3 N–H and O–H groups in total. The Kier molecular flexibility index (Phi) is 6.20. The van der Waals surface area contributed by atoms with Gasteiger partial charge in [-0.3, -0.25) is 0 Å². The van der Waals surface area contributed by atoms with Crippen LogP contribution in [0, 0.1) is 0 Å².